The second-order valence-electron chi connectivity index (χ2n) is 9.97. The van der Waals surface area contributed by atoms with Crippen LogP contribution in [0.2, 0.25) is 0 Å². The summed E-state index contributed by atoms with van der Waals surface area (Å²) < 4.78 is 5.49. The summed E-state index contributed by atoms with van der Waals surface area (Å²) in [7, 11) is 0. The predicted molar refractivity (Wildman–Crippen MR) is 121 cm³/mol. The van der Waals surface area contributed by atoms with Crippen molar-refractivity contribution < 1.29 is 29.0 Å². The van der Waals surface area contributed by atoms with E-state index in [1.165, 1.54) is 0 Å². The van der Waals surface area contributed by atoms with Crippen LogP contribution < -0.4 is 5.32 Å². The zero-order chi connectivity index (χ0) is 24.0. The highest BCUT2D eigenvalue weighted by Crippen LogP contribution is 2.38. The number of fused-ring (bicyclic) bond motifs is 1. The summed E-state index contributed by atoms with van der Waals surface area (Å²) in [5.74, 6) is -1.52. The third kappa shape index (κ3) is 3.95. The van der Waals surface area contributed by atoms with Crippen molar-refractivity contribution in [1.82, 2.24) is 15.1 Å². The lowest BCUT2D eigenvalue weighted by molar-refractivity contribution is -0.136. The molecule has 3 saturated heterocycles. The van der Waals surface area contributed by atoms with E-state index in [0.717, 1.165) is 44.0 Å². The van der Waals surface area contributed by atoms with E-state index < -0.39 is 35.3 Å². The molecule has 1 aromatic carbocycles. The van der Waals surface area contributed by atoms with Gasteiger partial charge < -0.3 is 14.7 Å². The Hall–Kier alpha value is -2.62. The molecule has 5 rings (SSSR count). The van der Waals surface area contributed by atoms with Crippen LogP contribution in [0.1, 0.15) is 71.7 Å². The maximum Gasteiger partial charge on any atom is 0.262 e. The Labute approximate surface area is 198 Å². The summed E-state index contributed by atoms with van der Waals surface area (Å²) in [5, 5.41) is 13.7. The minimum atomic E-state index is -1.08. The topological polar surface area (TPSA) is 116 Å². The van der Waals surface area contributed by atoms with Crippen LogP contribution in [0.15, 0.2) is 18.2 Å². The molecule has 2 unspecified atom stereocenters. The first kappa shape index (κ1) is 23.1. The normalized spacial score (nSPS) is 27.0. The number of amides is 4. The number of aliphatic hydroxyl groups is 1. The molecular formula is C25H31N3O6. The van der Waals surface area contributed by atoms with Gasteiger partial charge in [0.1, 0.15) is 6.04 Å². The molecular weight excluding hydrogens is 438 g/mol. The summed E-state index contributed by atoms with van der Waals surface area (Å²) in [5.41, 5.74) is -0.0195. The molecule has 4 heterocycles. The molecule has 9 heteroatoms. The van der Waals surface area contributed by atoms with Gasteiger partial charge in [-0.3, -0.25) is 29.4 Å². The first-order valence-electron chi connectivity index (χ1n) is 12.2. The third-order valence-corrected chi connectivity index (χ3v) is 8.13. The highest BCUT2D eigenvalue weighted by atomic mass is 16.5. The maximum atomic E-state index is 13.1. The third-order valence-electron chi connectivity index (χ3n) is 8.13. The molecule has 0 saturated carbocycles. The number of imide groups is 2. The number of benzene rings is 1. The second-order valence-corrected chi connectivity index (χ2v) is 9.97. The minimum absolute atomic E-state index is 0.0810. The quantitative estimate of drug-likeness (QED) is 0.636. The molecule has 4 aliphatic heterocycles. The fourth-order valence-corrected chi connectivity index (χ4v) is 5.85. The van der Waals surface area contributed by atoms with Gasteiger partial charge in [-0.1, -0.05) is 6.07 Å². The van der Waals surface area contributed by atoms with Gasteiger partial charge in [0.15, 0.2) is 0 Å². The molecule has 1 aromatic rings. The number of rotatable bonds is 4. The smallest absolute Gasteiger partial charge is 0.262 e. The number of hydrogen-bond donors (Lipinski definition) is 2. The largest absolute Gasteiger partial charge is 0.385 e. The summed E-state index contributed by atoms with van der Waals surface area (Å²) in [6, 6.07) is 4.33. The molecule has 2 atom stereocenters. The molecule has 3 fully saturated rings. The molecule has 34 heavy (non-hydrogen) atoms. The van der Waals surface area contributed by atoms with Gasteiger partial charge in [-0.25, -0.2) is 0 Å². The average Bonchev–Trinajstić information content (AvgIpc) is 3.09. The lowest BCUT2D eigenvalue weighted by Gasteiger charge is -2.44. The van der Waals surface area contributed by atoms with Gasteiger partial charge in [0, 0.05) is 38.8 Å². The zero-order valence-corrected chi connectivity index (χ0v) is 19.4. The molecule has 4 amide bonds. The van der Waals surface area contributed by atoms with Crippen molar-refractivity contribution in [2.24, 2.45) is 5.92 Å². The van der Waals surface area contributed by atoms with E-state index in [1.807, 2.05) is 0 Å². The summed E-state index contributed by atoms with van der Waals surface area (Å²) in [6.07, 6.45) is 3.40. The van der Waals surface area contributed by atoms with Gasteiger partial charge in [0.2, 0.25) is 11.8 Å². The lowest BCUT2D eigenvalue weighted by atomic mass is 9.81. The van der Waals surface area contributed by atoms with Gasteiger partial charge in [-0.05, 0) is 62.6 Å². The molecule has 0 bridgehead atoms. The molecule has 182 valence electrons. The van der Waals surface area contributed by atoms with Crippen LogP contribution >= 0.6 is 0 Å². The number of ether oxygens (including phenoxy) is 1. The second kappa shape index (κ2) is 8.87. The Bertz CT molecular complexity index is 1030. The molecule has 9 nitrogen and oxygen atoms in total. The molecule has 0 spiro atoms. The van der Waals surface area contributed by atoms with Crippen LogP contribution in [0, 0.1) is 5.92 Å². The summed E-state index contributed by atoms with van der Waals surface area (Å²) >= 11 is 0. The van der Waals surface area contributed by atoms with E-state index in [9.17, 15) is 24.3 Å². The molecule has 0 radical (unpaired) electrons. The average molecular weight is 470 g/mol. The van der Waals surface area contributed by atoms with Crippen LogP contribution in [-0.4, -0.2) is 76.9 Å². The van der Waals surface area contributed by atoms with E-state index in [2.05, 4.69) is 17.1 Å². The SMILES string of the molecule is CC(C1CCOCC1)N1CCC(O)(c2ccc3c(c2)C(=O)N(C2CCC(=O)NC2=O)C3=O)CC1. The van der Waals surface area contributed by atoms with Crippen molar-refractivity contribution in [2.45, 2.75) is 63.1 Å². The van der Waals surface area contributed by atoms with Crippen molar-refractivity contribution >= 4 is 23.6 Å². The Kier molecular flexibility index (Phi) is 6.03. The van der Waals surface area contributed by atoms with E-state index in [4.69, 9.17) is 4.74 Å². The van der Waals surface area contributed by atoms with Crippen molar-refractivity contribution in [3.8, 4) is 0 Å². The van der Waals surface area contributed by atoms with Crippen LogP contribution in [0.5, 0.6) is 0 Å². The summed E-state index contributed by atoms with van der Waals surface area (Å²) in [4.78, 5) is 53.2. The van der Waals surface area contributed by atoms with E-state index >= 15 is 0 Å². The number of carbonyl (C=O) groups excluding carboxylic acids is 4. The Morgan fingerprint density at radius 3 is 2.38 bits per heavy atom. The van der Waals surface area contributed by atoms with Crippen molar-refractivity contribution in [1.29, 1.82) is 0 Å². The molecule has 4 aliphatic rings. The summed E-state index contributed by atoms with van der Waals surface area (Å²) in [6.45, 7) is 5.38. The fourth-order valence-electron chi connectivity index (χ4n) is 5.85. The zero-order valence-electron chi connectivity index (χ0n) is 19.4. The number of carbonyl (C=O) groups is 4. The highest BCUT2D eigenvalue weighted by Gasteiger charge is 2.46. The maximum absolute atomic E-state index is 13.1. The van der Waals surface area contributed by atoms with Gasteiger partial charge in [-0.15, -0.1) is 0 Å². The van der Waals surface area contributed by atoms with E-state index in [1.54, 1.807) is 18.2 Å². The first-order chi connectivity index (χ1) is 16.3. The number of hydrogen-bond acceptors (Lipinski definition) is 7. The highest BCUT2D eigenvalue weighted by molar-refractivity contribution is 6.23. The molecule has 0 aliphatic carbocycles. The minimum Gasteiger partial charge on any atom is -0.385 e. The van der Waals surface area contributed by atoms with Crippen molar-refractivity contribution in [3.05, 3.63) is 34.9 Å². The monoisotopic (exact) mass is 469 g/mol. The lowest BCUT2D eigenvalue weighted by Crippen LogP contribution is -2.54. The predicted octanol–water partition coefficient (Wildman–Crippen LogP) is 1.19. The van der Waals surface area contributed by atoms with Crippen LogP contribution in [0.25, 0.3) is 0 Å². The fraction of sp³-hybridized carbons (Fsp3) is 0.600. The Morgan fingerprint density at radius 1 is 1.03 bits per heavy atom. The van der Waals surface area contributed by atoms with E-state index in [0.29, 0.717) is 30.4 Å². The van der Waals surface area contributed by atoms with Crippen LogP contribution in [0.4, 0.5) is 0 Å². The number of nitrogens with one attached hydrogen (secondary N) is 1. The molecule has 0 aromatic heterocycles. The number of nitrogens with zero attached hydrogens (tertiary/aromatic N) is 2. The number of likely N-dealkylation sites (tertiary alicyclic amines) is 1. The van der Waals surface area contributed by atoms with Gasteiger partial charge in [0.05, 0.1) is 16.7 Å². The van der Waals surface area contributed by atoms with Gasteiger partial charge in [-0.2, -0.15) is 0 Å². The van der Waals surface area contributed by atoms with Crippen LogP contribution in [0.3, 0.4) is 0 Å². The van der Waals surface area contributed by atoms with Gasteiger partial charge >= 0.3 is 0 Å². The van der Waals surface area contributed by atoms with Crippen LogP contribution in [-0.2, 0) is 19.9 Å². The Balaban J connectivity index is 1.30. The van der Waals surface area contributed by atoms with Crippen molar-refractivity contribution in [2.75, 3.05) is 26.3 Å². The standard InChI is InChI=1S/C25H31N3O6/c1-15(16-6-12-34-13-7-16)27-10-8-25(33,9-11-27)17-2-3-18-19(14-17)24(32)28(23(18)31)20-4-5-21(29)26-22(20)30/h2-3,14-16,20,33H,4-13H2,1H3,(H,26,29,30). The first-order valence-corrected chi connectivity index (χ1v) is 12.2. The van der Waals surface area contributed by atoms with Crippen molar-refractivity contribution in [3.63, 3.8) is 0 Å². The van der Waals surface area contributed by atoms with Gasteiger partial charge in [0.25, 0.3) is 11.8 Å². The number of piperidine rings is 2. The Morgan fingerprint density at radius 2 is 1.71 bits per heavy atom. The molecule has 2 N–H and O–H groups in total. The van der Waals surface area contributed by atoms with E-state index in [-0.39, 0.29) is 24.0 Å².